The minimum Gasteiger partial charge on any atom is -0.391 e. The molecule has 2 rings (SSSR count). The zero-order valence-corrected chi connectivity index (χ0v) is 13.4. The van der Waals surface area contributed by atoms with Gasteiger partial charge in [0.2, 0.25) is 0 Å². The van der Waals surface area contributed by atoms with E-state index in [-0.39, 0.29) is 6.54 Å². The van der Waals surface area contributed by atoms with Crippen LogP contribution in [0.25, 0.3) is 0 Å². The summed E-state index contributed by atoms with van der Waals surface area (Å²) >= 11 is 0. The molecule has 0 bridgehead atoms. The van der Waals surface area contributed by atoms with E-state index in [4.69, 9.17) is 0 Å². The lowest BCUT2D eigenvalue weighted by molar-refractivity contribution is -0.133. The van der Waals surface area contributed by atoms with Gasteiger partial charge in [0.05, 0.1) is 6.42 Å². The van der Waals surface area contributed by atoms with Crippen molar-refractivity contribution in [2.45, 2.75) is 64.0 Å². The molecule has 0 spiro atoms. The SMILES string of the molecule is FC(F)(F)CCNC=C1CCN(CCC2CCCCC2)CC1. The molecule has 2 nitrogen and oxygen atoms in total. The largest absolute Gasteiger partial charge is 0.391 e. The fraction of sp³-hybridized carbons (Fsp3) is 0.882. The first-order chi connectivity index (χ1) is 10.5. The predicted octanol–water partition coefficient (Wildman–Crippen LogP) is 4.48. The number of rotatable bonds is 6. The van der Waals surface area contributed by atoms with Gasteiger partial charge in [0.15, 0.2) is 0 Å². The zero-order valence-electron chi connectivity index (χ0n) is 13.4. The molecule has 0 atom stereocenters. The third-order valence-electron chi connectivity index (χ3n) is 4.94. The van der Waals surface area contributed by atoms with Crippen LogP contribution in [0.3, 0.4) is 0 Å². The molecule has 0 amide bonds. The first kappa shape index (κ1) is 17.6. The highest BCUT2D eigenvalue weighted by molar-refractivity contribution is 5.04. The van der Waals surface area contributed by atoms with Crippen molar-refractivity contribution in [2.24, 2.45) is 5.92 Å². The molecule has 1 heterocycles. The molecule has 2 aliphatic rings. The third-order valence-corrected chi connectivity index (χ3v) is 4.94. The van der Waals surface area contributed by atoms with Crippen LogP contribution >= 0.6 is 0 Å². The third kappa shape index (κ3) is 7.03. The second-order valence-electron chi connectivity index (χ2n) is 6.76. The van der Waals surface area contributed by atoms with E-state index in [0.29, 0.717) is 0 Å². The van der Waals surface area contributed by atoms with Crippen LogP contribution in [-0.2, 0) is 0 Å². The van der Waals surface area contributed by atoms with Crippen LogP contribution < -0.4 is 5.32 Å². The van der Waals surface area contributed by atoms with Gasteiger partial charge in [0, 0.05) is 19.6 Å². The van der Waals surface area contributed by atoms with Crippen molar-refractivity contribution in [3.05, 3.63) is 11.8 Å². The van der Waals surface area contributed by atoms with Crippen molar-refractivity contribution in [1.82, 2.24) is 10.2 Å². The molecule has 1 aliphatic carbocycles. The van der Waals surface area contributed by atoms with E-state index >= 15 is 0 Å². The summed E-state index contributed by atoms with van der Waals surface area (Å²) in [4.78, 5) is 2.52. The van der Waals surface area contributed by atoms with Crippen molar-refractivity contribution in [2.75, 3.05) is 26.2 Å². The standard InChI is InChI=1S/C17H29F3N2/c18-17(19,20)9-10-21-14-16-7-12-22(13-8-16)11-6-15-4-2-1-3-5-15/h14-15,21H,1-13H2. The molecule has 1 N–H and O–H groups in total. The number of hydrogen-bond donors (Lipinski definition) is 1. The van der Waals surface area contributed by atoms with Crippen LogP contribution in [0, 0.1) is 5.92 Å². The normalized spacial score (nSPS) is 21.9. The molecule has 2 fully saturated rings. The lowest BCUT2D eigenvalue weighted by Crippen LogP contribution is -2.33. The highest BCUT2D eigenvalue weighted by atomic mass is 19.4. The van der Waals surface area contributed by atoms with Gasteiger partial charge < -0.3 is 10.2 Å². The number of alkyl halides is 3. The maximum Gasteiger partial charge on any atom is 0.390 e. The average molecular weight is 318 g/mol. The van der Waals surface area contributed by atoms with Crippen LogP contribution in [-0.4, -0.2) is 37.3 Å². The lowest BCUT2D eigenvalue weighted by atomic mass is 9.87. The highest BCUT2D eigenvalue weighted by Gasteiger charge is 2.25. The highest BCUT2D eigenvalue weighted by Crippen LogP contribution is 2.27. The first-order valence-corrected chi connectivity index (χ1v) is 8.73. The van der Waals surface area contributed by atoms with Gasteiger partial charge in [0.25, 0.3) is 0 Å². The Kier molecular flexibility index (Phi) is 7.06. The molecule has 0 unspecified atom stereocenters. The fourth-order valence-electron chi connectivity index (χ4n) is 3.48. The molecule has 0 aromatic heterocycles. The minimum absolute atomic E-state index is 0.0155. The Bertz CT molecular complexity index is 336. The van der Waals surface area contributed by atoms with E-state index < -0.39 is 12.6 Å². The summed E-state index contributed by atoms with van der Waals surface area (Å²) in [6, 6.07) is 0. The van der Waals surface area contributed by atoms with Crippen LogP contribution in [0.5, 0.6) is 0 Å². The number of likely N-dealkylation sites (tertiary alicyclic amines) is 1. The van der Waals surface area contributed by atoms with Gasteiger partial charge in [-0.3, -0.25) is 0 Å². The summed E-state index contributed by atoms with van der Waals surface area (Å²) in [6.07, 6.45) is 7.32. The van der Waals surface area contributed by atoms with E-state index in [9.17, 15) is 13.2 Å². The number of hydrogen-bond acceptors (Lipinski definition) is 2. The lowest BCUT2D eigenvalue weighted by Gasteiger charge is -2.30. The molecular formula is C17H29F3N2. The van der Waals surface area contributed by atoms with Crippen molar-refractivity contribution >= 4 is 0 Å². The summed E-state index contributed by atoms with van der Waals surface area (Å²) in [5.74, 6) is 0.926. The Morgan fingerprint density at radius 1 is 1.09 bits per heavy atom. The Hall–Kier alpha value is -0.710. The van der Waals surface area contributed by atoms with Gasteiger partial charge in [-0.15, -0.1) is 0 Å². The molecule has 1 aliphatic heterocycles. The van der Waals surface area contributed by atoms with Crippen LogP contribution in [0.2, 0.25) is 0 Å². The second-order valence-corrected chi connectivity index (χ2v) is 6.76. The summed E-state index contributed by atoms with van der Waals surface area (Å²) in [5.41, 5.74) is 1.26. The molecule has 128 valence electrons. The van der Waals surface area contributed by atoms with E-state index in [1.165, 1.54) is 50.6 Å². The van der Waals surface area contributed by atoms with Crippen molar-refractivity contribution in [3.8, 4) is 0 Å². The smallest absolute Gasteiger partial charge is 0.390 e. The molecular weight excluding hydrogens is 289 g/mol. The summed E-state index contributed by atoms with van der Waals surface area (Å²) in [5, 5.41) is 2.81. The van der Waals surface area contributed by atoms with Crippen LogP contribution in [0.15, 0.2) is 11.8 Å². The van der Waals surface area contributed by atoms with Gasteiger partial charge in [-0.25, -0.2) is 0 Å². The average Bonchev–Trinajstić information content (AvgIpc) is 2.51. The Labute approximate surface area is 132 Å². The van der Waals surface area contributed by atoms with E-state index in [1.54, 1.807) is 0 Å². The topological polar surface area (TPSA) is 15.3 Å². The van der Waals surface area contributed by atoms with E-state index in [2.05, 4.69) is 10.2 Å². The molecule has 1 saturated carbocycles. The number of halogens is 3. The van der Waals surface area contributed by atoms with Gasteiger partial charge in [-0.2, -0.15) is 13.2 Å². The van der Waals surface area contributed by atoms with E-state index in [0.717, 1.165) is 31.8 Å². The molecule has 0 radical (unpaired) electrons. The summed E-state index contributed by atoms with van der Waals surface area (Å²) < 4.78 is 36.1. The minimum atomic E-state index is -4.06. The van der Waals surface area contributed by atoms with Gasteiger partial charge in [-0.05, 0) is 37.9 Å². The van der Waals surface area contributed by atoms with Gasteiger partial charge in [-0.1, -0.05) is 37.7 Å². The van der Waals surface area contributed by atoms with Crippen molar-refractivity contribution in [3.63, 3.8) is 0 Å². The summed E-state index contributed by atoms with van der Waals surface area (Å²) in [7, 11) is 0. The molecule has 0 aromatic rings. The van der Waals surface area contributed by atoms with Crippen molar-refractivity contribution in [1.29, 1.82) is 0 Å². The number of nitrogens with one attached hydrogen (secondary N) is 1. The zero-order chi connectivity index (χ0) is 15.8. The van der Waals surface area contributed by atoms with Crippen LogP contribution in [0.1, 0.15) is 57.8 Å². The fourth-order valence-corrected chi connectivity index (χ4v) is 3.48. The molecule has 1 saturated heterocycles. The monoisotopic (exact) mass is 318 g/mol. The molecule has 22 heavy (non-hydrogen) atoms. The maximum atomic E-state index is 12.0. The molecule has 5 heteroatoms. The van der Waals surface area contributed by atoms with E-state index in [1.807, 2.05) is 6.20 Å². The van der Waals surface area contributed by atoms with Gasteiger partial charge in [0.1, 0.15) is 0 Å². The maximum absolute atomic E-state index is 12.0. The number of nitrogens with zero attached hydrogens (tertiary/aromatic N) is 1. The summed E-state index contributed by atoms with van der Waals surface area (Å²) in [6.45, 7) is 3.29. The predicted molar refractivity (Wildman–Crippen MR) is 83.6 cm³/mol. The molecule has 0 aromatic carbocycles. The Balaban J connectivity index is 1.57. The van der Waals surface area contributed by atoms with Crippen LogP contribution in [0.4, 0.5) is 13.2 Å². The quantitative estimate of drug-likeness (QED) is 0.727. The Morgan fingerprint density at radius 3 is 2.41 bits per heavy atom. The number of piperidine rings is 1. The second kappa shape index (κ2) is 8.80. The first-order valence-electron chi connectivity index (χ1n) is 8.73. The van der Waals surface area contributed by atoms with Crippen molar-refractivity contribution < 1.29 is 13.2 Å². The van der Waals surface area contributed by atoms with Gasteiger partial charge >= 0.3 is 6.18 Å². The Morgan fingerprint density at radius 2 is 1.77 bits per heavy atom.